The van der Waals surface area contributed by atoms with Gasteiger partial charge in [0.25, 0.3) is 0 Å². The molecular weight excluding hydrogens is 266 g/mol. The third kappa shape index (κ3) is 3.41. The highest BCUT2D eigenvalue weighted by atomic mass is 32.1. The molecule has 0 aromatic carbocycles. The summed E-state index contributed by atoms with van der Waals surface area (Å²) < 4.78 is 0. The van der Waals surface area contributed by atoms with E-state index in [-0.39, 0.29) is 0 Å². The van der Waals surface area contributed by atoms with Gasteiger partial charge in [0, 0.05) is 29.7 Å². The van der Waals surface area contributed by atoms with Gasteiger partial charge < -0.3 is 5.32 Å². The highest BCUT2D eigenvalue weighted by Gasteiger charge is 2.35. The SMILES string of the molecule is CCCNC1CCN(C(C)c2nc(C)cs2)C(C)C1C. The van der Waals surface area contributed by atoms with Crippen molar-refractivity contribution in [2.45, 2.75) is 65.6 Å². The van der Waals surface area contributed by atoms with Crippen molar-refractivity contribution >= 4 is 11.3 Å². The van der Waals surface area contributed by atoms with Gasteiger partial charge in [0.15, 0.2) is 0 Å². The third-order valence-electron chi connectivity index (χ3n) is 4.77. The first kappa shape index (κ1) is 15.9. The summed E-state index contributed by atoms with van der Waals surface area (Å²) in [6.07, 6.45) is 2.47. The molecule has 1 fully saturated rings. The summed E-state index contributed by atoms with van der Waals surface area (Å²) in [6.45, 7) is 13.7. The monoisotopic (exact) mass is 295 g/mol. The number of thiazole rings is 1. The first-order valence-electron chi connectivity index (χ1n) is 7.95. The Bertz CT molecular complexity index is 418. The van der Waals surface area contributed by atoms with Gasteiger partial charge >= 0.3 is 0 Å². The molecule has 0 saturated carbocycles. The van der Waals surface area contributed by atoms with E-state index < -0.39 is 0 Å². The molecule has 2 heterocycles. The van der Waals surface area contributed by atoms with Crippen LogP contribution in [-0.4, -0.2) is 35.1 Å². The van der Waals surface area contributed by atoms with Crippen LogP contribution in [0.2, 0.25) is 0 Å². The van der Waals surface area contributed by atoms with E-state index in [1.165, 1.54) is 24.4 Å². The van der Waals surface area contributed by atoms with E-state index in [0.29, 0.717) is 24.0 Å². The second-order valence-electron chi connectivity index (χ2n) is 6.19. The fraction of sp³-hybridized carbons (Fsp3) is 0.812. The summed E-state index contributed by atoms with van der Waals surface area (Å²) in [5.74, 6) is 0.693. The van der Waals surface area contributed by atoms with Gasteiger partial charge in [0.2, 0.25) is 0 Å². The van der Waals surface area contributed by atoms with E-state index in [4.69, 9.17) is 0 Å². The summed E-state index contributed by atoms with van der Waals surface area (Å²) >= 11 is 1.80. The Morgan fingerprint density at radius 3 is 2.85 bits per heavy atom. The highest BCUT2D eigenvalue weighted by molar-refractivity contribution is 7.09. The predicted octanol–water partition coefficient (Wildman–Crippen LogP) is 3.61. The normalized spacial score (nSPS) is 29.6. The minimum absolute atomic E-state index is 0.443. The number of piperidine rings is 1. The zero-order valence-electron chi connectivity index (χ0n) is 13.5. The average Bonchev–Trinajstić information content (AvgIpc) is 2.86. The van der Waals surface area contributed by atoms with E-state index in [1.807, 2.05) is 0 Å². The number of rotatable bonds is 5. The second-order valence-corrected chi connectivity index (χ2v) is 7.08. The number of aryl methyl sites for hydroxylation is 1. The van der Waals surface area contributed by atoms with Crippen molar-refractivity contribution < 1.29 is 0 Å². The average molecular weight is 295 g/mol. The zero-order valence-corrected chi connectivity index (χ0v) is 14.3. The maximum absolute atomic E-state index is 4.68. The highest BCUT2D eigenvalue weighted by Crippen LogP contribution is 2.32. The van der Waals surface area contributed by atoms with Gasteiger partial charge in [-0.25, -0.2) is 4.98 Å². The lowest BCUT2D eigenvalue weighted by molar-refractivity contribution is 0.0523. The Morgan fingerprint density at radius 2 is 2.25 bits per heavy atom. The molecule has 20 heavy (non-hydrogen) atoms. The van der Waals surface area contributed by atoms with Crippen molar-refractivity contribution in [2.75, 3.05) is 13.1 Å². The molecular formula is C16H29N3S. The number of hydrogen-bond acceptors (Lipinski definition) is 4. The summed E-state index contributed by atoms with van der Waals surface area (Å²) in [5.41, 5.74) is 1.15. The van der Waals surface area contributed by atoms with E-state index >= 15 is 0 Å². The lowest BCUT2D eigenvalue weighted by Crippen LogP contribution is -2.54. The lowest BCUT2D eigenvalue weighted by Gasteiger charge is -2.45. The number of nitrogens with zero attached hydrogens (tertiary/aromatic N) is 2. The van der Waals surface area contributed by atoms with Crippen LogP contribution in [0.5, 0.6) is 0 Å². The first-order chi connectivity index (χ1) is 9.54. The molecule has 1 aromatic heterocycles. The molecule has 4 unspecified atom stereocenters. The molecule has 1 aromatic rings. The number of hydrogen-bond donors (Lipinski definition) is 1. The van der Waals surface area contributed by atoms with E-state index in [9.17, 15) is 0 Å². The van der Waals surface area contributed by atoms with Gasteiger partial charge in [0.05, 0.1) is 6.04 Å². The lowest BCUT2D eigenvalue weighted by atomic mass is 9.86. The van der Waals surface area contributed by atoms with Gasteiger partial charge in [-0.15, -0.1) is 11.3 Å². The van der Waals surface area contributed by atoms with Crippen LogP contribution in [-0.2, 0) is 0 Å². The van der Waals surface area contributed by atoms with Crippen molar-refractivity contribution in [1.82, 2.24) is 15.2 Å². The molecule has 0 amide bonds. The predicted molar refractivity (Wildman–Crippen MR) is 87.3 cm³/mol. The fourth-order valence-electron chi connectivity index (χ4n) is 3.26. The minimum Gasteiger partial charge on any atom is -0.314 e. The van der Waals surface area contributed by atoms with Crippen LogP contribution >= 0.6 is 11.3 Å². The van der Waals surface area contributed by atoms with Crippen LogP contribution in [0.15, 0.2) is 5.38 Å². The van der Waals surface area contributed by atoms with Crippen LogP contribution < -0.4 is 5.32 Å². The van der Waals surface area contributed by atoms with Crippen LogP contribution in [0.1, 0.15) is 57.3 Å². The van der Waals surface area contributed by atoms with Crippen LogP contribution in [0, 0.1) is 12.8 Å². The minimum atomic E-state index is 0.443. The standard InChI is InChI=1S/C16H29N3S/c1-6-8-17-15-7-9-19(13(4)12(15)3)14(5)16-18-11(2)10-20-16/h10,12-15,17H,6-9H2,1-5H3. The molecule has 1 aliphatic rings. The molecule has 114 valence electrons. The molecule has 0 aliphatic carbocycles. The zero-order chi connectivity index (χ0) is 14.7. The second kappa shape index (κ2) is 7.01. The topological polar surface area (TPSA) is 28.2 Å². The van der Waals surface area contributed by atoms with Crippen LogP contribution in [0.4, 0.5) is 0 Å². The Hall–Kier alpha value is -0.450. The molecule has 3 nitrogen and oxygen atoms in total. The van der Waals surface area contributed by atoms with Crippen LogP contribution in [0.3, 0.4) is 0 Å². The van der Waals surface area contributed by atoms with E-state index in [1.54, 1.807) is 11.3 Å². The quantitative estimate of drug-likeness (QED) is 0.899. The van der Waals surface area contributed by atoms with Crippen molar-refractivity contribution in [3.8, 4) is 0 Å². The molecule has 4 atom stereocenters. The molecule has 0 bridgehead atoms. The maximum atomic E-state index is 4.68. The molecule has 1 N–H and O–H groups in total. The van der Waals surface area contributed by atoms with Gasteiger partial charge in [0.1, 0.15) is 5.01 Å². The first-order valence-corrected chi connectivity index (χ1v) is 8.83. The summed E-state index contributed by atoms with van der Waals surface area (Å²) in [7, 11) is 0. The van der Waals surface area contributed by atoms with Crippen LogP contribution in [0.25, 0.3) is 0 Å². The van der Waals surface area contributed by atoms with Gasteiger partial charge in [-0.1, -0.05) is 13.8 Å². The number of likely N-dealkylation sites (tertiary alicyclic amines) is 1. The fourth-order valence-corrected chi connectivity index (χ4v) is 4.14. The van der Waals surface area contributed by atoms with Crippen molar-refractivity contribution in [2.24, 2.45) is 5.92 Å². The Balaban J connectivity index is 2.00. The molecule has 2 rings (SSSR count). The smallest absolute Gasteiger partial charge is 0.110 e. The summed E-state index contributed by atoms with van der Waals surface area (Å²) in [4.78, 5) is 7.31. The van der Waals surface area contributed by atoms with Crippen molar-refractivity contribution in [1.29, 1.82) is 0 Å². The molecule has 1 saturated heterocycles. The molecule has 1 aliphatic heterocycles. The Morgan fingerprint density at radius 1 is 1.50 bits per heavy atom. The van der Waals surface area contributed by atoms with Gasteiger partial charge in [-0.05, 0) is 46.1 Å². The number of aromatic nitrogens is 1. The largest absolute Gasteiger partial charge is 0.314 e. The summed E-state index contributed by atoms with van der Waals surface area (Å²) in [6, 6.07) is 1.72. The van der Waals surface area contributed by atoms with Crippen molar-refractivity contribution in [3.05, 3.63) is 16.1 Å². The molecule has 0 spiro atoms. The van der Waals surface area contributed by atoms with E-state index in [2.05, 4.69) is 55.2 Å². The summed E-state index contributed by atoms with van der Waals surface area (Å²) in [5, 5.41) is 7.14. The number of nitrogens with one attached hydrogen (secondary N) is 1. The Kier molecular flexibility index (Phi) is 5.58. The van der Waals surface area contributed by atoms with Gasteiger partial charge in [-0.3, -0.25) is 4.90 Å². The maximum Gasteiger partial charge on any atom is 0.110 e. The molecule has 0 radical (unpaired) electrons. The van der Waals surface area contributed by atoms with Gasteiger partial charge in [-0.2, -0.15) is 0 Å². The molecule has 4 heteroatoms. The Labute approximate surface area is 127 Å². The third-order valence-corrected chi connectivity index (χ3v) is 5.90. The van der Waals surface area contributed by atoms with E-state index in [0.717, 1.165) is 12.2 Å². The van der Waals surface area contributed by atoms with Crippen molar-refractivity contribution in [3.63, 3.8) is 0 Å².